The lowest BCUT2D eigenvalue weighted by Crippen LogP contribution is -2.50. The smallest absolute Gasteiger partial charge is 0.428 e. The molecule has 0 unspecified atom stereocenters. The number of amides is 1. The van der Waals surface area contributed by atoms with Crippen LogP contribution in [0, 0.1) is 0 Å². The highest BCUT2D eigenvalue weighted by Crippen LogP contribution is 2.30. The average Bonchev–Trinajstić information content (AvgIpc) is 2.87. The summed E-state index contributed by atoms with van der Waals surface area (Å²) in [5.41, 5.74) is 12.1. The third kappa shape index (κ3) is 6.45. The van der Waals surface area contributed by atoms with Gasteiger partial charge in [-0.05, 0) is 49.2 Å². The molecular formula is C25H29BrClN5O4. The van der Waals surface area contributed by atoms with Gasteiger partial charge in [-0.2, -0.15) is 0 Å². The Morgan fingerprint density at radius 3 is 2.42 bits per heavy atom. The fourth-order valence-electron chi connectivity index (χ4n) is 4.11. The number of nitrogens with zero attached hydrogens (tertiary/aromatic N) is 3. The van der Waals surface area contributed by atoms with Crippen molar-refractivity contribution in [3.63, 3.8) is 0 Å². The fourth-order valence-corrected chi connectivity index (χ4v) is 4.51. The van der Waals surface area contributed by atoms with Crippen LogP contribution in [0.5, 0.6) is 0 Å². The summed E-state index contributed by atoms with van der Waals surface area (Å²) in [5, 5.41) is 1.45. The van der Waals surface area contributed by atoms with Crippen molar-refractivity contribution in [3.8, 4) is 0 Å². The molecule has 1 saturated heterocycles. The van der Waals surface area contributed by atoms with Crippen LogP contribution in [0.1, 0.15) is 28.8 Å². The van der Waals surface area contributed by atoms with Crippen molar-refractivity contribution in [2.24, 2.45) is 0 Å². The van der Waals surface area contributed by atoms with Gasteiger partial charge in [0, 0.05) is 46.8 Å². The zero-order chi connectivity index (χ0) is 24.1. The predicted molar refractivity (Wildman–Crippen MR) is 147 cm³/mol. The Morgan fingerprint density at radius 1 is 1.11 bits per heavy atom. The van der Waals surface area contributed by atoms with Gasteiger partial charge in [0.1, 0.15) is 0 Å². The van der Waals surface area contributed by atoms with E-state index in [0.29, 0.717) is 35.3 Å². The number of halogens is 2. The second-order valence-corrected chi connectivity index (χ2v) is 8.90. The van der Waals surface area contributed by atoms with Gasteiger partial charge in [-0.15, -0.1) is 12.4 Å². The number of anilines is 3. The normalized spacial score (nSPS) is 13.1. The molecule has 192 valence electrons. The summed E-state index contributed by atoms with van der Waals surface area (Å²) in [6.07, 6.45) is 4.43. The van der Waals surface area contributed by atoms with E-state index in [2.05, 4.69) is 31.2 Å². The Bertz CT molecular complexity index is 1180. The summed E-state index contributed by atoms with van der Waals surface area (Å²) < 4.78 is 5.86. The van der Waals surface area contributed by atoms with Crippen molar-refractivity contribution in [3.05, 3.63) is 82.6 Å². The van der Waals surface area contributed by atoms with Crippen LogP contribution >= 0.6 is 28.3 Å². The molecule has 1 aliphatic rings. The van der Waals surface area contributed by atoms with Crippen molar-refractivity contribution in [1.29, 1.82) is 0 Å². The number of rotatable bonds is 6. The summed E-state index contributed by atoms with van der Waals surface area (Å²) in [5.74, 6) is -0.201. The van der Waals surface area contributed by atoms with Gasteiger partial charge in [0.2, 0.25) is 0 Å². The number of aromatic nitrogens is 1. The van der Waals surface area contributed by atoms with Gasteiger partial charge in [0.25, 0.3) is 0 Å². The van der Waals surface area contributed by atoms with Crippen LogP contribution in [0.25, 0.3) is 0 Å². The summed E-state index contributed by atoms with van der Waals surface area (Å²) in [4.78, 5) is 32.4. The minimum absolute atomic E-state index is 0. The fraction of sp³-hybridized carbons (Fsp3) is 0.240. The lowest BCUT2D eigenvalue weighted by Gasteiger charge is -2.39. The Kier molecular flexibility index (Phi) is 10.5. The molecule has 0 radical (unpaired) electrons. The van der Waals surface area contributed by atoms with Crippen LogP contribution in [0.2, 0.25) is 0 Å². The molecule has 0 atom stereocenters. The molecule has 3 aromatic rings. The molecule has 1 fully saturated rings. The van der Waals surface area contributed by atoms with Crippen molar-refractivity contribution >= 4 is 57.3 Å². The maximum atomic E-state index is 13.3. The number of hydrogen-bond donors (Lipinski definition) is 2. The summed E-state index contributed by atoms with van der Waals surface area (Å²) >= 11 is 3.41. The van der Waals surface area contributed by atoms with Gasteiger partial charge >= 0.3 is 6.09 Å². The van der Waals surface area contributed by atoms with E-state index in [9.17, 15) is 9.59 Å². The van der Waals surface area contributed by atoms with E-state index < -0.39 is 6.09 Å². The third-order valence-electron chi connectivity index (χ3n) is 5.89. The molecule has 0 saturated carbocycles. The number of pyridine rings is 1. The number of benzene rings is 2. The van der Waals surface area contributed by atoms with Gasteiger partial charge in [-0.3, -0.25) is 15.2 Å². The Morgan fingerprint density at radius 2 is 1.78 bits per heavy atom. The second-order valence-electron chi connectivity index (χ2n) is 7.98. The van der Waals surface area contributed by atoms with Gasteiger partial charge in [-0.1, -0.05) is 34.1 Å². The Labute approximate surface area is 224 Å². The predicted octanol–water partition coefficient (Wildman–Crippen LogP) is 4.32. The largest absolute Gasteiger partial charge is 0.452 e. The van der Waals surface area contributed by atoms with Crippen molar-refractivity contribution in [2.45, 2.75) is 18.9 Å². The first-order valence-electron chi connectivity index (χ1n) is 11.0. The van der Waals surface area contributed by atoms with Crippen molar-refractivity contribution in [1.82, 2.24) is 9.99 Å². The summed E-state index contributed by atoms with van der Waals surface area (Å²) in [6.45, 7) is 1.52. The third-order valence-corrected chi connectivity index (χ3v) is 6.38. The number of carbonyl (C=O) groups excluding carboxylic acids is 2. The zero-order valence-electron chi connectivity index (χ0n) is 19.7. The van der Waals surface area contributed by atoms with E-state index in [-0.39, 0.29) is 29.7 Å². The number of nitrogens with one attached hydrogen (secondary N) is 1. The molecule has 9 nitrogen and oxygen atoms in total. The van der Waals surface area contributed by atoms with E-state index >= 15 is 0 Å². The Balaban J connectivity index is 0.00000228. The molecule has 1 amide bonds. The van der Waals surface area contributed by atoms with Crippen LogP contribution in [-0.4, -0.2) is 53.6 Å². The molecule has 0 aliphatic carbocycles. The van der Waals surface area contributed by atoms with Gasteiger partial charge in [0.15, 0.2) is 5.78 Å². The van der Waals surface area contributed by atoms with Crippen molar-refractivity contribution < 1.29 is 19.8 Å². The number of carbonyl (C=O) groups is 2. The average molecular weight is 579 g/mol. The van der Waals surface area contributed by atoms with Gasteiger partial charge in [-0.25, -0.2) is 9.80 Å². The topological polar surface area (TPSA) is 132 Å². The highest BCUT2D eigenvalue weighted by atomic mass is 79.9. The van der Waals surface area contributed by atoms with Crippen LogP contribution in [0.4, 0.5) is 21.9 Å². The highest BCUT2D eigenvalue weighted by molar-refractivity contribution is 9.10. The zero-order valence-corrected chi connectivity index (χ0v) is 22.1. The quantitative estimate of drug-likeness (QED) is 0.253. The van der Waals surface area contributed by atoms with Crippen LogP contribution in [-0.2, 0) is 4.74 Å². The molecule has 1 aromatic heterocycles. The molecule has 2 aromatic carbocycles. The highest BCUT2D eigenvalue weighted by Gasteiger charge is 2.30. The minimum atomic E-state index is -0.536. The van der Waals surface area contributed by atoms with Gasteiger partial charge < -0.3 is 20.8 Å². The molecule has 0 bridgehead atoms. The van der Waals surface area contributed by atoms with E-state index in [0.717, 1.165) is 23.2 Å². The van der Waals surface area contributed by atoms with Crippen LogP contribution in [0.15, 0.2) is 71.5 Å². The molecule has 1 aliphatic heterocycles. The number of ether oxygens (including phenoxy) is 1. The Hall–Kier alpha value is -3.34. The van der Waals surface area contributed by atoms with Crippen LogP contribution < -0.4 is 16.1 Å². The first-order chi connectivity index (χ1) is 16.5. The SMILES string of the molecule is COC(=O)N(Nc1c(N)cccc1C(=O)c1cccc(Br)c1)C1CCN(c2ccncc2)CC1.Cl.O. The van der Waals surface area contributed by atoms with E-state index in [1.54, 1.807) is 48.8 Å². The first-order valence-corrected chi connectivity index (χ1v) is 11.7. The lowest BCUT2D eigenvalue weighted by molar-refractivity contribution is 0.103. The monoisotopic (exact) mass is 577 g/mol. The molecule has 4 rings (SSSR count). The van der Waals surface area contributed by atoms with E-state index in [4.69, 9.17) is 10.5 Å². The molecule has 5 N–H and O–H groups in total. The number of piperidine rings is 1. The maximum absolute atomic E-state index is 13.3. The lowest BCUT2D eigenvalue weighted by atomic mass is 10.0. The standard InChI is InChI=1S/C25H26BrN5O3.ClH.H2O/c1-34-25(33)31(20-10-14-30(15-11-20)19-8-12-28-13-9-19)29-23-21(6-3-7-22(23)27)24(32)17-4-2-5-18(26)16-17;;/h2-9,12-13,16,20,29H,10-11,14-15,27H2,1H3;1H;1H2. The minimum Gasteiger partial charge on any atom is -0.452 e. The number of nitrogen functional groups attached to an aromatic ring is 1. The van der Waals surface area contributed by atoms with Crippen LogP contribution in [0.3, 0.4) is 0 Å². The maximum Gasteiger partial charge on any atom is 0.428 e. The van der Waals surface area contributed by atoms with Crippen molar-refractivity contribution in [2.75, 3.05) is 36.3 Å². The molecule has 11 heteroatoms. The second kappa shape index (κ2) is 13.1. The molecule has 36 heavy (non-hydrogen) atoms. The summed E-state index contributed by atoms with van der Waals surface area (Å²) in [6, 6.07) is 16.1. The number of ketones is 1. The molecule has 2 heterocycles. The number of nitrogens with two attached hydrogens (primary N) is 1. The number of hydrazine groups is 1. The van der Waals surface area contributed by atoms with E-state index in [1.807, 2.05) is 18.2 Å². The number of methoxy groups -OCH3 is 1. The summed E-state index contributed by atoms with van der Waals surface area (Å²) in [7, 11) is 1.34. The molecular weight excluding hydrogens is 550 g/mol. The molecule has 0 spiro atoms. The number of para-hydroxylation sites is 1. The van der Waals surface area contributed by atoms with E-state index in [1.165, 1.54) is 12.1 Å². The first kappa shape index (κ1) is 28.9. The van der Waals surface area contributed by atoms with Gasteiger partial charge in [0.05, 0.1) is 24.5 Å². The number of hydrogen-bond acceptors (Lipinski definition) is 7.